The average molecular weight is 211 g/mol. The maximum Gasteiger partial charge on any atom is 0.219 e. The Kier molecular flexibility index (Phi) is 3.59. The minimum absolute atomic E-state index is 0.223. The van der Waals surface area contributed by atoms with Crippen LogP contribution in [-0.2, 0) is 4.79 Å². The third kappa shape index (κ3) is 2.69. The highest BCUT2D eigenvalue weighted by atomic mass is 16.2. The zero-order chi connectivity index (χ0) is 10.7. The first-order valence-corrected chi connectivity index (χ1v) is 5.97. The first kappa shape index (κ1) is 10.9. The molecule has 2 aliphatic heterocycles. The maximum absolute atomic E-state index is 11.5. The van der Waals surface area contributed by atoms with Crippen LogP contribution in [-0.4, -0.2) is 61.0 Å². The van der Waals surface area contributed by atoms with Crippen LogP contribution >= 0.6 is 0 Å². The van der Waals surface area contributed by atoms with Crippen LogP contribution in [0, 0.1) is 0 Å². The lowest BCUT2D eigenvalue weighted by atomic mass is 10.2. The van der Waals surface area contributed by atoms with Crippen molar-refractivity contribution >= 4 is 5.91 Å². The predicted molar refractivity (Wildman–Crippen MR) is 59.7 cm³/mol. The molecule has 0 saturated carbocycles. The Bertz CT molecular complexity index is 226. The third-order valence-corrected chi connectivity index (χ3v) is 3.42. The van der Waals surface area contributed by atoms with Gasteiger partial charge < -0.3 is 15.1 Å². The molecule has 15 heavy (non-hydrogen) atoms. The molecule has 1 unspecified atom stereocenters. The lowest BCUT2D eigenvalue weighted by Gasteiger charge is -2.37. The molecule has 2 heterocycles. The van der Waals surface area contributed by atoms with Crippen molar-refractivity contribution in [3.63, 3.8) is 0 Å². The molecule has 86 valence electrons. The number of amides is 1. The van der Waals surface area contributed by atoms with Gasteiger partial charge in [0.05, 0.1) is 6.04 Å². The molecule has 0 aliphatic carbocycles. The van der Waals surface area contributed by atoms with Crippen molar-refractivity contribution in [1.29, 1.82) is 0 Å². The summed E-state index contributed by atoms with van der Waals surface area (Å²) in [5.41, 5.74) is 0. The SMILES string of the molecule is CC(=O)N1CCNCC1CN1CCCC1. The lowest BCUT2D eigenvalue weighted by molar-refractivity contribution is -0.132. The Hall–Kier alpha value is -0.610. The molecule has 2 saturated heterocycles. The number of piperazine rings is 1. The molecule has 0 spiro atoms. The second kappa shape index (κ2) is 4.94. The standard InChI is InChI=1S/C11H21N3O/c1-10(15)14-7-4-12-8-11(14)9-13-5-2-3-6-13/h11-12H,2-9H2,1H3. The minimum atomic E-state index is 0.223. The summed E-state index contributed by atoms with van der Waals surface area (Å²) in [5.74, 6) is 0.223. The number of nitrogens with one attached hydrogen (secondary N) is 1. The van der Waals surface area contributed by atoms with Crippen LogP contribution in [0.2, 0.25) is 0 Å². The molecule has 4 nitrogen and oxygen atoms in total. The van der Waals surface area contributed by atoms with Crippen LogP contribution < -0.4 is 5.32 Å². The zero-order valence-electron chi connectivity index (χ0n) is 9.54. The molecule has 1 N–H and O–H groups in total. The van der Waals surface area contributed by atoms with Gasteiger partial charge in [-0.3, -0.25) is 4.79 Å². The predicted octanol–water partition coefficient (Wildman–Crippen LogP) is -0.0975. The molecular weight excluding hydrogens is 190 g/mol. The second-order valence-electron chi connectivity index (χ2n) is 4.58. The van der Waals surface area contributed by atoms with E-state index < -0.39 is 0 Å². The smallest absolute Gasteiger partial charge is 0.219 e. The van der Waals surface area contributed by atoms with E-state index in [9.17, 15) is 4.79 Å². The fraction of sp³-hybridized carbons (Fsp3) is 0.909. The van der Waals surface area contributed by atoms with Crippen molar-refractivity contribution in [2.75, 3.05) is 39.3 Å². The van der Waals surface area contributed by atoms with Crippen LogP contribution in [0.5, 0.6) is 0 Å². The van der Waals surface area contributed by atoms with Crippen molar-refractivity contribution in [2.24, 2.45) is 0 Å². The molecule has 1 atom stereocenters. The number of carbonyl (C=O) groups is 1. The van der Waals surface area contributed by atoms with Gasteiger partial charge in [-0.1, -0.05) is 0 Å². The van der Waals surface area contributed by atoms with E-state index in [1.807, 2.05) is 4.90 Å². The van der Waals surface area contributed by atoms with E-state index in [-0.39, 0.29) is 5.91 Å². The number of rotatable bonds is 2. The maximum atomic E-state index is 11.5. The van der Waals surface area contributed by atoms with Gasteiger partial charge in [0.2, 0.25) is 5.91 Å². The normalized spacial score (nSPS) is 28.3. The van der Waals surface area contributed by atoms with E-state index in [4.69, 9.17) is 0 Å². The van der Waals surface area contributed by atoms with Crippen LogP contribution in [0.1, 0.15) is 19.8 Å². The van der Waals surface area contributed by atoms with Crippen molar-refractivity contribution in [3.8, 4) is 0 Å². The van der Waals surface area contributed by atoms with Crippen molar-refractivity contribution in [2.45, 2.75) is 25.8 Å². The van der Waals surface area contributed by atoms with Crippen molar-refractivity contribution in [1.82, 2.24) is 15.1 Å². The van der Waals surface area contributed by atoms with Crippen LogP contribution in [0.25, 0.3) is 0 Å². The molecule has 0 aromatic carbocycles. The molecule has 2 fully saturated rings. The number of likely N-dealkylation sites (tertiary alicyclic amines) is 1. The summed E-state index contributed by atoms with van der Waals surface area (Å²) in [6.45, 7) is 7.92. The highest BCUT2D eigenvalue weighted by molar-refractivity contribution is 5.73. The van der Waals surface area contributed by atoms with Gasteiger partial charge in [-0.25, -0.2) is 0 Å². The summed E-state index contributed by atoms with van der Waals surface area (Å²) in [4.78, 5) is 16.0. The number of hydrogen-bond acceptors (Lipinski definition) is 3. The molecule has 2 rings (SSSR count). The first-order chi connectivity index (χ1) is 7.27. The van der Waals surface area contributed by atoms with E-state index >= 15 is 0 Å². The highest BCUT2D eigenvalue weighted by Gasteiger charge is 2.26. The van der Waals surface area contributed by atoms with Gasteiger partial charge in [0, 0.05) is 33.1 Å². The van der Waals surface area contributed by atoms with Crippen molar-refractivity contribution in [3.05, 3.63) is 0 Å². The Labute approximate surface area is 91.6 Å². The molecule has 1 amide bonds. The van der Waals surface area contributed by atoms with Gasteiger partial charge in [-0.15, -0.1) is 0 Å². The molecule has 2 aliphatic rings. The lowest BCUT2D eigenvalue weighted by Crippen LogP contribution is -2.56. The fourth-order valence-electron chi connectivity index (χ4n) is 2.60. The second-order valence-corrected chi connectivity index (χ2v) is 4.58. The van der Waals surface area contributed by atoms with E-state index in [2.05, 4.69) is 10.2 Å². The number of carbonyl (C=O) groups excluding carboxylic acids is 1. The summed E-state index contributed by atoms with van der Waals surface area (Å²) in [5, 5.41) is 3.37. The first-order valence-electron chi connectivity index (χ1n) is 5.97. The number of hydrogen-bond donors (Lipinski definition) is 1. The summed E-state index contributed by atoms with van der Waals surface area (Å²) >= 11 is 0. The largest absolute Gasteiger partial charge is 0.336 e. The monoisotopic (exact) mass is 211 g/mol. The Morgan fingerprint density at radius 3 is 2.73 bits per heavy atom. The minimum Gasteiger partial charge on any atom is -0.336 e. The molecule has 0 bridgehead atoms. The topological polar surface area (TPSA) is 35.6 Å². The summed E-state index contributed by atoms with van der Waals surface area (Å²) < 4.78 is 0. The molecule has 4 heteroatoms. The van der Waals surface area contributed by atoms with Gasteiger partial charge in [0.15, 0.2) is 0 Å². The third-order valence-electron chi connectivity index (χ3n) is 3.42. The number of nitrogens with zero attached hydrogens (tertiary/aromatic N) is 2. The van der Waals surface area contributed by atoms with Crippen molar-refractivity contribution < 1.29 is 4.79 Å². The average Bonchev–Trinajstić information content (AvgIpc) is 2.71. The van der Waals surface area contributed by atoms with Gasteiger partial charge in [0.1, 0.15) is 0 Å². The Balaban J connectivity index is 1.89. The van der Waals surface area contributed by atoms with Gasteiger partial charge in [0.25, 0.3) is 0 Å². The van der Waals surface area contributed by atoms with E-state index in [1.54, 1.807) is 6.92 Å². The molecule has 0 aromatic rings. The summed E-state index contributed by atoms with van der Waals surface area (Å²) in [6.07, 6.45) is 2.64. The summed E-state index contributed by atoms with van der Waals surface area (Å²) in [6, 6.07) is 0.384. The fourth-order valence-corrected chi connectivity index (χ4v) is 2.60. The van der Waals surface area contributed by atoms with E-state index in [1.165, 1.54) is 25.9 Å². The van der Waals surface area contributed by atoms with Gasteiger partial charge in [-0.2, -0.15) is 0 Å². The van der Waals surface area contributed by atoms with Crippen LogP contribution in [0.4, 0.5) is 0 Å². The Morgan fingerprint density at radius 2 is 2.07 bits per heavy atom. The quantitative estimate of drug-likeness (QED) is 0.693. The van der Waals surface area contributed by atoms with Gasteiger partial charge in [-0.05, 0) is 25.9 Å². The van der Waals surface area contributed by atoms with E-state index in [0.29, 0.717) is 6.04 Å². The van der Waals surface area contributed by atoms with Crippen LogP contribution in [0.3, 0.4) is 0 Å². The molecule has 0 aromatic heterocycles. The summed E-state index contributed by atoms with van der Waals surface area (Å²) in [7, 11) is 0. The molecule has 0 radical (unpaired) electrons. The Morgan fingerprint density at radius 1 is 1.33 bits per heavy atom. The zero-order valence-corrected chi connectivity index (χ0v) is 9.54. The van der Waals surface area contributed by atoms with E-state index in [0.717, 1.165) is 26.2 Å². The van der Waals surface area contributed by atoms with Crippen LogP contribution in [0.15, 0.2) is 0 Å². The highest BCUT2D eigenvalue weighted by Crippen LogP contribution is 2.11. The molecular formula is C11H21N3O. The van der Waals surface area contributed by atoms with Gasteiger partial charge >= 0.3 is 0 Å².